The molecule has 5 unspecified atom stereocenters. The van der Waals surface area contributed by atoms with Crippen molar-refractivity contribution in [2.75, 3.05) is 0 Å². The Hall–Kier alpha value is -0.920. The van der Waals surface area contributed by atoms with Crippen molar-refractivity contribution < 1.29 is 8.78 Å². The monoisotopic (exact) mass is 402 g/mol. The SMILES string of the molecule is CCCCCCC1CCc2cc(C3CCC4CC(C)CCC4C3)c(F)c(F)c2C1. The third kappa shape index (κ3) is 4.72. The van der Waals surface area contributed by atoms with E-state index in [4.69, 9.17) is 0 Å². The first-order valence-electron chi connectivity index (χ1n) is 12.6. The maximum atomic E-state index is 15.2. The van der Waals surface area contributed by atoms with Gasteiger partial charge in [0.1, 0.15) is 0 Å². The van der Waals surface area contributed by atoms with E-state index in [1.807, 2.05) is 0 Å². The zero-order valence-electron chi connectivity index (χ0n) is 18.6. The number of fused-ring (bicyclic) bond motifs is 2. The quantitative estimate of drug-likeness (QED) is 0.419. The van der Waals surface area contributed by atoms with Gasteiger partial charge in [-0.05, 0) is 97.6 Å². The summed E-state index contributed by atoms with van der Waals surface area (Å²) >= 11 is 0. The van der Waals surface area contributed by atoms with Crippen molar-refractivity contribution in [3.05, 3.63) is 34.4 Å². The number of hydrogen-bond donors (Lipinski definition) is 0. The Bertz CT molecular complexity index is 694. The molecule has 1 aromatic carbocycles. The van der Waals surface area contributed by atoms with Gasteiger partial charge in [0.2, 0.25) is 0 Å². The minimum atomic E-state index is -0.511. The highest BCUT2D eigenvalue weighted by atomic mass is 19.2. The first-order valence-corrected chi connectivity index (χ1v) is 12.6. The highest BCUT2D eigenvalue weighted by molar-refractivity contribution is 5.38. The Balaban J connectivity index is 1.45. The van der Waals surface area contributed by atoms with Gasteiger partial charge >= 0.3 is 0 Å². The highest BCUT2D eigenvalue weighted by Crippen LogP contribution is 2.48. The van der Waals surface area contributed by atoms with E-state index in [0.29, 0.717) is 17.0 Å². The summed E-state index contributed by atoms with van der Waals surface area (Å²) in [6.07, 6.45) is 16.3. The van der Waals surface area contributed by atoms with E-state index in [9.17, 15) is 0 Å². The maximum Gasteiger partial charge on any atom is 0.162 e. The molecule has 0 radical (unpaired) electrons. The van der Waals surface area contributed by atoms with Crippen LogP contribution in [0.5, 0.6) is 0 Å². The summed E-state index contributed by atoms with van der Waals surface area (Å²) in [6.45, 7) is 4.60. The van der Waals surface area contributed by atoms with Gasteiger partial charge < -0.3 is 0 Å². The molecule has 0 bridgehead atoms. The first kappa shape index (κ1) is 21.3. The maximum absolute atomic E-state index is 15.2. The van der Waals surface area contributed by atoms with Gasteiger partial charge in [-0.3, -0.25) is 0 Å². The third-order valence-electron chi connectivity index (χ3n) is 8.52. The molecule has 162 valence electrons. The van der Waals surface area contributed by atoms with Crippen LogP contribution in [0, 0.1) is 35.3 Å². The van der Waals surface area contributed by atoms with E-state index >= 15 is 8.78 Å². The minimum absolute atomic E-state index is 0.233. The number of halogens is 2. The fourth-order valence-corrected chi connectivity index (χ4v) is 6.74. The predicted octanol–water partition coefficient (Wildman–Crippen LogP) is 8.36. The summed E-state index contributed by atoms with van der Waals surface area (Å²) < 4.78 is 30.3. The Morgan fingerprint density at radius 3 is 2.52 bits per heavy atom. The van der Waals surface area contributed by atoms with Gasteiger partial charge in [0.25, 0.3) is 0 Å². The van der Waals surface area contributed by atoms with Crippen molar-refractivity contribution in [3.63, 3.8) is 0 Å². The van der Waals surface area contributed by atoms with Gasteiger partial charge in [-0.15, -0.1) is 0 Å². The van der Waals surface area contributed by atoms with Gasteiger partial charge in [-0.25, -0.2) is 8.78 Å². The number of aryl methyl sites for hydroxylation is 1. The predicted molar refractivity (Wildman–Crippen MR) is 117 cm³/mol. The van der Waals surface area contributed by atoms with Gasteiger partial charge in [-0.1, -0.05) is 58.4 Å². The summed E-state index contributed by atoms with van der Waals surface area (Å²) in [5, 5.41) is 0. The van der Waals surface area contributed by atoms with Crippen LogP contribution in [0.2, 0.25) is 0 Å². The highest BCUT2D eigenvalue weighted by Gasteiger charge is 2.37. The van der Waals surface area contributed by atoms with Gasteiger partial charge in [0.15, 0.2) is 11.6 Å². The third-order valence-corrected chi connectivity index (χ3v) is 8.52. The van der Waals surface area contributed by atoms with Crippen LogP contribution < -0.4 is 0 Å². The lowest BCUT2D eigenvalue weighted by atomic mass is 9.64. The van der Waals surface area contributed by atoms with Crippen LogP contribution in [0.1, 0.15) is 114 Å². The zero-order valence-corrected chi connectivity index (χ0v) is 18.6. The molecular formula is C27H40F2. The Labute approximate surface area is 176 Å². The topological polar surface area (TPSA) is 0 Å². The molecule has 1 aromatic rings. The summed E-state index contributed by atoms with van der Waals surface area (Å²) in [6, 6.07) is 2.08. The van der Waals surface area contributed by atoms with Crippen molar-refractivity contribution in [3.8, 4) is 0 Å². The molecule has 2 fully saturated rings. The van der Waals surface area contributed by atoms with Crippen molar-refractivity contribution in [2.45, 2.75) is 110 Å². The molecule has 3 aliphatic rings. The van der Waals surface area contributed by atoms with E-state index in [1.54, 1.807) is 0 Å². The summed E-state index contributed by atoms with van der Waals surface area (Å²) in [7, 11) is 0. The molecule has 0 nitrogen and oxygen atoms in total. The van der Waals surface area contributed by atoms with Gasteiger partial charge in [0.05, 0.1) is 0 Å². The molecule has 0 spiro atoms. The molecule has 2 saturated carbocycles. The number of hydrogen-bond acceptors (Lipinski definition) is 0. The second kappa shape index (κ2) is 9.48. The average molecular weight is 403 g/mol. The average Bonchev–Trinajstić information content (AvgIpc) is 2.73. The molecule has 2 heteroatoms. The molecule has 0 aromatic heterocycles. The van der Waals surface area contributed by atoms with Crippen molar-refractivity contribution >= 4 is 0 Å². The standard InChI is InChI=1S/C27H40F2/c1-3-4-5-6-7-19-9-11-23-17-25(27(29)26(28)24(23)15-19)22-13-12-20-14-18(2)8-10-21(20)16-22/h17-22H,3-16H2,1-2H3. The zero-order chi connectivity index (χ0) is 20.4. The van der Waals surface area contributed by atoms with Crippen LogP contribution in [0.15, 0.2) is 6.07 Å². The van der Waals surface area contributed by atoms with Crippen LogP contribution in [0.4, 0.5) is 8.78 Å². The number of rotatable bonds is 6. The second-order valence-corrected chi connectivity index (χ2v) is 10.6. The van der Waals surface area contributed by atoms with E-state index in [2.05, 4.69) is 19.9 Å². The van der Waals surface area contributed by atoms with Crippen molar-refractivity contribution in [1.82, 2.24) is 0 Å². The molecule has 0 aliphatic heterocycles. The Kier molecular flexibility index (Phi) is 6.97. The molecule has 29 heavy (non-hydrogen) atoms. The Morgan fingerprint density at radius 1 is 0.897 bits per heavy atom. The van der Waals surface area contributed by atoms with Crippen LogP contribution >= 0.6 is 0 Å². The second-order valence-electron chi connectivity index (χ2n) is 10.6. The molecule has 0 amide bonds. The van der Waals surface area contributed by atoms with E-state index in [0.717, 1.165) is 55.4 Å². The fourth-order valence-electron chi connectivity index (χ4n) is 6.74. The lowest BCUT2D eigenvalue weighted by molar-refractivity contribution is 0.123. The van der Waals surface area contributed by atoms with Crippen LogP contribution in [0.3, 0.4) is 0 Å². The lowest BCUT2D eigenvalue weighted by Crippen LogP contribution is -2.30. The van der Waals surface area contributed by atoms with E-state index in [1.165, 1.54) is 57.8 Å². The van der Waals surface area contributed by atoms with Crippen LogP contribution in [-0.4, -0.2) is 0 Å². The molecule has 5 atom stereocenters. The summed E-state index contributed by atoms with van der Waals surface area (Å²) in [5.74, 6) is 2.17. The van der Waals surface area contributed by atoms with Crippen molar-refractivity contribution in [1.29, 1.82) is 0 Å². The van der Waals surface area contributed by atoms with Gasteiger partial charge in [-0.2, -0.15) is 0 Å². The minimum Gasteiger partial charge on any atom is -0.203 e. The number of unbranched alkanes of at least 4 members (excludes halogenated alkanes) is 3. The largest absolute Gasteiger partial charge is 0.203 e. The smallest absolute Gasteiger partial charge is 0.162 e. The fraction of sp³-hybridized carbons (Fsp3) is 0.778. The van der Waals surface area contributed by atoms with Gasteiger partial charge in [0, 0.05) is 0 Å². The summed E-state index contributed by atoms with van der Waals surface area (Å²) in [4.78, 5) is 0. The molecule has 3 aliphatic carbocycles. The molecular weight excluding hydrogens is 362 g/mol. The van der Waals surface area contributed by atoms with Crippen LogP contribution in [0.25, 0.3) is 0 Å². The van der Waals surface area contributed by atoms with Crippen LogP contribution in [-0.2, 0) is 12.8 Å². The number of benzene rings is 1. The molecule has 4 rings (SSSR count). The van der Waals surface area contributed by atoms with E-state index < -0.39 is 11.6 Å². The van der Waals surface area contributed by atoms with Crippen molar-refractivity contribution in [2.24, 2.45) is 23.7 Å². The normalized spacial score (nSPS) is 31.9. The molecule has 0 N–H and O–H groups in total. The first-order chi connectivity index (χ1) is 14.1. The lowest BCUT2D eigenvalue weighted by Gasteiger charge is -2.42. The summed E-state index contributed by atoms with van der Waals surface area (Å²) in [5.41, 5.74) is 2.53. The Morgan fingerprint density at radius 2 is 1.69 bits per heavy atom. The molecule has 0 heterocycles. The van der Waals surface area contributed by atoms with E-state index in [-0.39, 0.29) is 5.92 Å². The molecule has 0 saturated heterocycles.